The zero-order chi connectivity index (χ0) is 18.4. The predicted molar refractivity (Wildman–Crippen MR) is 101 cm³/mol. The molecule has 2 aromatic carbocycles. The quantitative estimate of drug-likeness (QED) is 0.744. The van der Waals surface area contributed by atoms with Crippen molar-refractivity contribution in [1.82, 2.24) is 9.78 Å². The van der Waals surface area contributed by atoms with Crippen molar-refractivity contribution in [2.24, 2.45) is 0 Å². The van der Waals surface area contributed by atoms with E-state index in [1.807, 2.05) is 67.9 Å². The van der Waals surface area contributed by atoms with Gasteiger partial charge >= 0.3 is 5.97 Å². The molecular weight excluding hydrogens is 312 g/mol. The van der Waals surface area contributed by atoms with Crippen LogP contribution in [0, 0.1) is 13.8 Å². The molecule has 0 amide bonds. The number of carboxylic acid groups (broad SMARTS) is 1. The number of hydrogen-bond donors (Lipinski definition) is 1. The highest BCUT2D eigenvalue weighted by molar-refractivity contribution is 5.87. The molecule has 25 heavy (non-hydrogen) atoms. The lowest BCUT2D eigenvalue weighted by Crippen LogP contribution is -2.00. The molecule has 3 rings (SSSR count). The molecule has 1 N–H and O–H groups in total. The molecule has 0 unspecified atom stereocenters. The maximum absolute atomic E-state index is 10.9. The first kappa shape index (κ1) is 18.5. The number of nitrogens with zero attached hydrogens (tertiary/aromatic N) is 2. The van der Waals surface area contributed by atoms with Gasteiger partial charge in [-0.05, 0) is 43.7 Å². The Hall–Kier alpha value is -2.88. The van der Waals surface area contributed by atoms with Gasteiger partial charge in [-0.3, -0.25) is 0 Å². The van der Waals surface area contributed by atoms with E-state index in [4.69, 9.17) is 5.11 Å². The van der Waals surface area contributed by atoms with Gasteiger partial charge in [0, 0.05) is 17.7 Å². The van der Waals surface area contributed by atoms with Crippen molar-refractivity contribution < 1.29 is 9.90 Å². The van der Waals surface area contributed by atoms with E-state index in [9.17, 15) is 4.79 Å². The fourth-order valence-electron chi connectivity index (χ4n) is 2.72. The molecule has 0 aliphatic carbocycles. The van der Waals surface area contributed by atoms with Crippen LogP contribution in [0.4, 0.5) is 0 Å². The summed E-state index contributed by atoms with van der Waals surface area (Å²) in [5.74, 6) is -0.902. The maximum Gasteiger partial charge on any atom is 0.335 e. The lowest BCUT2D eigenvalue weighted by molar-refractivity contribution is 0.0697. The molecule has 0 saturated heterocycles. The smallest absolute Gasteiger partial charge is 0.335 e. The third-order valence-electron chi connectivity index (χ3n) is 4.02. The highest BCUT2D eigenvalue weighted by Gasteiger charge is 2.13. The van der Waals surface area contributed by atoms with Crippen LogP contribution in [0.3, 0.4) is 0 Å². The lowest BCUT2D eigenvalue weighted by Gasteiger charge is -2.06. The fourth-order valence-corrected chi connectivity index (χ4v) is 2.72. The fraction of sp³-hybridized carbons (Fsp3) is 0.238. The van der Waals surface area contributed by atoms with E-state index in [-0.39, 0.29) is 0 Å². The second-order valence-corrected chi connectivity index (χ2v) is 5.58. The van der Waals surface area contributed by atoms with Crippen LogP contribution in [0.5, 0.6) is 0 Å². The number of carboxylic acids is 1. The molecule has 130 valence electrons. The number of carbonyl (C=O) groups is 1. The topological polar surface area (TPSA) is 55.1 Å². The van der Waals surface area contributed by atoms with Crippen LogP contribution in [0.2, 0.25) is 0 Å². The molecule has 0 aliphatic heterocycles. The Morgan fingerprint density at radius 1 is 1.00 bits per heavy atom. The van der Waals surface area contributed by atoms with E-state index in [2.05, 4.69) is 12.0 Å². The van der Waals surface area contributed by atoms with Crippen LogP contribution in [-0.2, 0) is 6.42 Å². The van der Waals surface area contributed by atoms with Crippen LogP contribution in [0.15, 0.2) is 54.6 Å². The van der Waals surface area contributed by atoms with Gasteiger partial charge in [-0.15, -0.1) is 0 Å². The summed E-state index contributed by atoms with van der Waals surface area (Å²) in [6.45, 7) is 8.07. The monoisotopic (exact) mass is 336 g/mol. The summed E-state index contributed by atoms with van der Waals surface area (Å²) in [5.41, 5.74) is 5.71. The van der Waals surface area contributed by atoms with Crippen molar-refractivity contribution in [2.75, 3.05) is 0 Å². The summed E-state index contributed by atoms with van der Waals surface area (Å²) in [4.78, 5) is 10.9. The molecule has 3 aromatic rings. The van der Waals surface area contributed by atoms with Gasteiger partial charge in [-0.25, -0.2) is 9.48 Å². The van der Waals surface area contributed by atoms with Crippen LogP contribution >= 0.6 is 0 Å². The molecule has 0 atom stereocenters. The molecule has 0 fully saturated rings. The molecule has 4 nitrogen and oxygen atoms in total. The Kier molecular flexibility index (Phi) is 6.12. The van der Waals surface area contributed by atoms with E-state index >= 15 is 0 Å². The standard InChI is InChI=1S/C19H18N2O2.C2H6/c1-13-18(12-15-8-10-16(11-9-15)19(22)23)14(2)21(20-13)17-6-4-3-5-7-17;1-2/h3-11H,12H2,1-2H3,(H,22,23);1-2H3. The SMILES string of the molecule is CC.Cc1nn(-c2ccccc2)c(C)c1Cc1ccc(C(=O)O)cc1. The van der Waals surface area contributed by atoms with Crippen LogP contribution in [0.25, 0.3) is 5.69 Å². The van der Waals surface area contributed by atoms with Gasteiger partial charge in [-0.1, -0.05) is 44.2 Å². The van der Waals surface area contributed by atoms with E-state index in [0.717, 1.165) is 29.1 Å². The molecule has 4 heteroatoms. The average molecular weight is 336 g/mol. The lowest BCUT2D eigenvalue weighted by atomic mass is 10.0. The van der Waals surface area contributed by atoms with Crippen molar-refractivity contribution in [3.63, 3.8) is 0 Å². The van der Waals surface area contributed by atoms with Gasteiger partial charge in [0.15, 0.2) is 0 Å². The summed E-state index contributed by atoms with van der Waals surface area (Å²) in [7, 11) is 0. The minimum Gasteiger partial charge on any atom is -0.478 e. The van der Waals surface area contributed by atoms with Crippen LogP contribution in [-0.4, -0.2) is 20.9 Å². The molecule has 1 heterocycles. The number of hydrogen-bond acceptors (Lipinski definition) is 2. The number of aryl methyl sites for hydroxylation is 1. The summed E-state index contributed by atoms with van der Waals surface area (Å²) in [6, 6.07) is 17.1. The number of aromatic carboxylic acids is 1. The van der Waals surface area contributed by atoms with Gasteiger partial charge in [0.1, 0.15) is 0 Å². The minimum absolute atomic E-state index is 0.308. The molecule has 0 radical (unpaired) electrons. The first-order valence-electron chi connectivity index (χ1n) is 8.49. The Morgan fingerprint density at radius 3 is 2.16 bits per heavy atom. The number of para-hydroxylation sites is 1. The van der Waals surface area contributed by atoms with Crippen LogP contribution in [0.1, 0.15) is 46.7 Å². The number of rotatable bonds is 4. The predicted octanol–water partition coefficient (Wildman–Crippen LogP) is 4.80. The minimum atomic E-state index is -0.902. The summed E-state index contributed by atoms with van der Waals surface area (Å²) < 4.78 is 1.95. The molecule has 1 aromatic heterocycles. The largest absolute Gasteiger partial charge is 0.478 e. The average Bonchev–Trinajstić information content (AvgIpc) is 2.93. The Morgan fingerprint density at radius 2 is 1.60 bits per heavy atom. The highest BCUT2D eigenvalue weighted by Crippen LogP contribution is 2.21. The van der Waals surface area contributed by atoms with E-state index in [1.165, 1.54) is 5.56 Å². The zero-order valence-corrected chi connectivity index (χ0v) is 15.2. The van der Waals surface area contributed by atoms with E-state index in [1.54, 1.807) is 12.1 Å². The first-order chi connectivity index (χ1) is 12.1. The van der Waals surface area contributed by atoms with Gasteiger partial charge in [0.25, 0.3) is 0 Å². The molecule has 0 spiro atoms. The maximum atomic E-state index is 10.9. The third kappa shape index (κ3) is 4.15. The molecule has 0 saturated carbocycles. The van der Waals surface area contributed by atoms with Gasteiger partial charge in [0.2, 0.25) is 0 Å². The van der Waals surface area contributed by atoms with Crippen molar-refractivity contribution in [1.29, 1.82) is 0 Å². The van der Waals surface area contributed by atoms with E-state index in [0.29, 0.717) is 5.56 Å². The van der Waals surface area contributed by atoms with Crippen molar-refractivity contribution in [2.45, 2.75) is 34.1 Å². The second-order valence-electron chi connectivity index (χ2n) is 5.58. The third-order valence-corrected chi connectivity index (χ3v) is 4.02. The first-order valence-corrected chi connectivity index (χ1v) is 8.49. The number of benzene rings is 2. The number of aromatic nitrogens is 2. The van der Waals surface area contributed by atoms with Gasteiger partial charge in [0.05, 0.1) is 16.9 Å². The summed E-state index contributed by atoms with van der Waals surface area (Å²) >= 11 is 0. The Balaban J connectivity index is 0.00000109. The van der Waals surface area contributed by atoms with Gasteiger partial charge in [-0.2, -0.15) is 5.10 Å². The molecule has 0 aliphatic rings. The molecule has 0 bridgehead atoms. The highest BCUT2D eigenvalue weighted by atomic mass is 16.4. The van der Waals surface area contributed by atoms with Crippen molar-refractivity contribution in [3.05, 3.63) is 82.7 Å². The van der Waals surface area contributed by atoms with Crippen molar-refractivity contribution >= 4 is 5.97 Å². The second kappa shape index (κ2) is 8.29. The Labute approximate surface area is 148 Å². The van der Waals surface area contributed by atoms with E-state index < -0.39 is 5.97 Å². The summed E-state index contributed by atoms with van der Waals surface area (Å²) in [6.07, 6.45) is 0.740. The summed E-state index contributed by atoms with van der Waals surface area (Å²) in [5, 5.41) is 13.6. The zero-order valence-electron chi connectivity index (χ0n) is 15.2. The van der Waals surface area contributed by atoms with Gasteiger partial charge < -0.3 is 5.11 Å². The normalized spacial score (nSPS) is 10.1. The van der Waals surface area contributed by atoms with Crippen LogP contribution < -0.4 is 0 Å². The molecular formula is C21H24N2O2. The van der Waals surface area contributed by atoms with Crippen molar-refractivity contribution in [3.8, 4) is 5.69 Å². The Bertz CT molecular complexity index is 834.